The van der Waals surface area contributed by atoms with Crippen LogP contribution in [0.2, 0.25) is 0 Å². The van der Waals surface area contributed by atoms with Crippen LogP contribution in [-0.2, 0) is 16.1 Å². The van der Waals surface area contributed by atoms with Crippen molar-refractivity contribution in [2.45, 2.75) is 25.3 Å². The van der Waals surface area contributed by atoms with E-state index in [0.29, 0.717) is 0 Å². The number of carbonyl (C=O) groups excluding carboxylic acids is 1. The van der Waals surface area contributed by atoms with Crippen LogP contribution in [0.3, 0.4) is 0 Å². The first-order valence-electron chi connectivity index (χ1n) is 7.90. The molecule has 0 aromatic heterocycles. The summed E-state index contributed by atoms with van der Waals surface area (Å²) in [6, 6.07) is 18.0. The molecule has 1 N–H and O–H groups in total. The number of hydrogen-bond donors (Lipinski definition) is 1. The monoisotopic (exact) mass is 308 g/mol. The Balaban J connectivity index is 1.50. The molecule has 1 aliphatic carbocycles. The Morgan fingerprint density at radius 1 is 1.17 bits per heavy atom. The van der Waals surface area contributed by atoms with Gasteiger partial charge in [-0.25, -0.2) is 0 Å². The van der Waals surface area contributed by atoms with Crippen molar-refractivity contribution in [2.24, 2.45) is 5.16 Å². The van der Waals surface area contributed by atoms with Gasteiger partial charge in [-0.15, -0.1) is 0 Å². The number of rotatable bonds is 5. The summed E-state index contributed by atoms with van der Waals surface area (Å²) in [5, 5.41) is 6.87. The van der Waals surface area contributed by atoms with E-state index in [1.165, 1.54) is 11.1 Å². The third-order valence-corrected chi connectivity index (χ3v) is 3.98. The summed E-state index contributed by atoms with van der Waals surface area (Å²) in [5.74, 6) is -0.142. The third kappa shape index (κ3) is 4.19. The molecule has 0 aliphatic heterocycles. The lowest BCUT2D eigenvalue weighted by Gasteiger charge is -2.26. The first kappa shape index (κ1) is 15.3. The molecular weight excluding hydrogens is 288 g/mol. The van der Waals surface area contributed by atoms with Gasteiger partial charge in [-0.05, 0) is 36.0 Å². The number of fused-ring (bicyclic) bond motifs is 1. The molecule has 0 saturated carbocycles. The first-order valence-corrected chi connectivity index (χ1v) is 7.90. The van der Waals surface area contributed by atoms with Crippen molar-refractivity contribution in [3.8, 4) is 0 Å². The lowest BCUT2D eigenvalue weighted by Crippen LogP contribution is -2.33. The van der Waals surface area contributed by atoms with Crippen LogP contribution in [0.25, 0.3) is 0 Å². The van der Waals surface area contributed by atoms with E-state index in [9.17, 15) is 4.79 Å². The summed E-state index contributed by atoms with van der Waals surface area (Å²) in [5.41, 5.74) is 3.49. The predicted octanol–water partition coefficient (Wildman–Crippen LogP) is 3.23. The Kier molecular flexibility index (Phi) is 5.04. The van der Waals surface area contributed by atoms with Crippen molar-refractivity contribution in [3.63, 3.8) is 0 Å². The molecule has 4 nitrogen and oxygen atoms in total. The summed E-state index contributed by atoms with van der Waals surface area (Å²) in [7, 11) is 0. The fourth-order valence-electron chi connectivity index (χ4n) is 2.87. The fourth-order valence-corrected chi connectivity index (χ4v) is 2.87. The zero-order chi connectivity index (χ0) is 15.9. The van der Waals surface area contributed by atoms with Gasteiger partial charge in [0.2, 0.25) is 0 Å². The molecule has 2 aromatic rings. The molecule has 1 amide bonds. The lowest BCUT2D eigenvalue weighted by molar-refractivity contribution is -0.126. The quantitative estimate of drug-likeness (QED) is 0.681. The zero-order valence-electron chi connectivity index (χ0n) is 12.9. The van der Waals surface area contributed by atoms with Gasteiger partial charge >= 0.3 is 0 Å². The molecule has 2 aromatic carbocycles. The van der Waals surface area contributed by atoms with Crippen LogP contribution in [0.5, 0.6) is 0 Å². The van der Waals surface area contributed by atoms with Gasteiger partial charge in [0.15, 0.2) is 6.61 Å². The molecule has 0 fully saturated rings. The Morgan fingerprint density at radius 2 is 1.96 bits per heavy atom. The molecule has 0 bridgehead atoms. The SMILES string of the molecule is O=C(CO/N=C\c1ccccc1)N[C@@H]1CCCc2ccccc21. The van der Waals surface area contributed by atoms with Gasteiger partial charge in [0, 0.05) is 0 Å². The number of oxime groups is 1. The molecule has 0 unspecified atom stereocenters. The average Bonchev–Trinajstić information content (AvgIpc) is 2.60. The maximum atomic E-state index is 12.0. The Bertz CT molecular complexity index is 683. The summed E-state index contributed by atoms with van der Waals surface area (Å²) in [6.07, 6.45) is 4.74. The van der Waals surface area contributed by atoms with Gasteiger partial charge in [-0.2, -0.15) is 0 Å². The summed E-state index contributed by atoms with van der Waals surface area (Å²) in [6.45, 7) is -0.0675. The number of hydrogen-bond acceptors (Lipinski definition) is 3. The highest BCUT2D eigenvalue weighted by Gasteiger charge is 2.21. The number of carbonyl (C=O) groups is 1. The van der Waals surface area contributed by atoms with Crippen molar-refractivity contribution in [1.29, 1.82) is 0 Å². The maximum Gasteiger partial charge on any atom is 0.261 e. The molecule has 0 spiro atoms. The van der Waals surface area contributed by atoms with Gasteiger partial charge < -0.3 is 10.2 Å². The molecule has 1 aliphatic rings. The van der Waals surface area contributed by atoms with Crippen LogP contribution in [0.4, 0.5) is 0 Å². The second kappa shape index (κ2) is 7.58. The van der Waals surface area contributed by atoms with Crippen molar-refractivity contribution < 1.29 is 9.63 Å². The highest BCUT2D eigenvalue weighted by molar-refractivity contribution is 5.79. The maximum absolute atomic E-state index is 12.0. The van der Waals surface area contributed by atoms with Crippen molar-refractivity contribution >= 4 is 12.1 Å². The number of nitrogens with one attached hydrogen (secondary N) is 1. The van der Waals surface area contributed by atoms with Crippen molar-refractivity contribution in [3.05, 3.63) is 71.3 Å². The van der Waals surface area contributed by atoms with Gasteiger partial charge in [0.25, 0.3) is 5.91 Å². The minimum Gasteiger partial charge on any atom is -0.386 e. The van der Waals surface area contributed by atoms with Crippen LogP contribution in [0, 0.1) is 0 Å². The van der Waals surface area contributed by atoms with Crippen LogP contribution in [-0.4, -0.2) is 18.7 Å². The highest BCUT2D eigenvalue weighted by atomic mass is 16.6. The Morgan fingerprint density at radius 3 is 2.83 bits per heavy atom. The zero-order valence-corrected chi connectivity index (χ0v) is 12.9. The standard InChI is InChI=1S/C19H20N2O2/c22-19(14-23-20-13-15-7-2-1-3-8-15)21-18-12-6-10-16-9-4-5-11-17(16)18/h1-5,7-9,11,13,18H,6,10,12,14H2,(H,21,22)/b20-13-/t18-/m1/s1. The molecule has 0 radical (unpaired) electrons. The van der Waals surface area contributed by atoms with Gasteiger partial charge in [0.05, 0.1) is 12.3 Å². The molecule has 118 valence electrons. The van der Waals surface area contributed by atoms with Crippen molar-refractivity contribution in [2.75, 3.05) is 6.61 Å². The van der Waals surface area contributed by atoms with E-state index in [1.54, 1.807) is 6.21 Å². The van der Waals surface area contributed by atoms with Crippen molar-refractivity contribution in [1.82, 2.24) is 5.32 Å². The smallest absolute Gasteiger partial charge is 0.261 e. The van der Waals surface area contributed by atoms with Crippen LogP contribution < -0.4 is 5.32 Å². The first-order chi connectivity index (χ1) is 11.3. The molecular formula is C19H20N2O2. The Hall–Kier alpha value is -2.62. The number of amides is 1. The molecule has 4 heteroatoms. The fraction of sp³-hybridized carbons (Fsp3) is 0.263. The van der Waals surface area contributed by atoms with E-state index >= 15 is 0 Å². The van der Waals surface area contributed by atoms with E-state index < -0.39 is 0 Å². The minimum atomic E-state index is -0.142. The normalized spacial score (nSPS) is 16.8. The van der Waals surface area contributed by atoms with E-state index in [0.717, 1.165) is 24.8 Å². The van der Waals surface area contributed by atoms with Gasteiger partial charge in [-0.1, -0.05) is 59.8 Å². The van der Waals surface area contributed by atoms with E-state index in [1.807, 2.05) is 42.5 Å². The Labute approximate surface area is 136 Å². The van der Waals surface area contributed by atoms with Crippen LogP contribution in [0.1, 0.15) is 35.6 Å². The molecule has 3 rings (SSSR count). The summed E-state index contributed by atoms with van der Waals surface area (Å²) >= 11 is 0. The number of nitrogens with zero attached hydrogens (tertiary/aromatic N) is 1. The second-order valence-electron chi connectivity index (χ2n) is 5.63. The van der Waals surface area contributed by atoms with E-state index in [4.69, 9.17) is 4.84 Å². The van der Waals surface area contributed by atoms with E-state index in [-0.39, 0.29) is 18.6 Å². The van der Waals surface area contributed by atoms with Crippen LogP contribution >= 0.6 is 0 Å². The second-order valence-corrected chi connectivity index (χ2v) is 5.63. The largest absolute Gasteiger partial charge is 0.386 e. The lowest BCUT2D eigenvalue weighted by atomic mass is 9.88. The summed E-state index contributed by atoms with van der Waals surface area (Å²) in [4.78, 5) is 17.1. The third-order valence-electron chi connectivity index (χ3n) is 3.98. The van der Waals surface area contributed by atoms with Gasteiger partial charge in [-0.3, -0.25) is 4.79 Å². The van der Waals surface area contributed by atoms with Crippen LogP contribution in [0.15, 0.2) is 59.8 Å². The van der Waals surface area contributed by atoms with E-state index in [2.05, 4.69) is 22.6 Å². The molecule has 0 heterocycles. The number of aryl methyl sites for hydroxylation is 1. The summed E-state index contributed by atoms with van der Waals surface area (Å²) < 4.78 is 0. The predicted molar refractivity (Wildman–Crippen MR) is 90.3 cm³/mol. The molecule has 1 atom stereocenters. The molecule has 23 heavy (non-hydrogen) atoms. The molecule has 0 saturated heterocycles. The minimum absolute atomic E-state index is 0.0675. The highest BCUT2D eigenvalue weighted by Crippen LogP contribution is 2.29. The van der Waals surface area contributed by atoms with Gasteiger partial charge in [0.1, 0.15) is 0 Å². The number of benzene rings is 2. The average molecular weight is 308 g/mol. The topological polar surface area (TPSA) is 50.7 Å².